The van der Waals surface area contributed by atoms with Crippen LogP contribution in [0, 0.1) is 0 Å². The van der Waals surface area contributed by atoms with Crippen LogP contribution in [0.4, 0.5) is 0 Å². The summed E-state index contributed by atoms with van der Waals surface area (Å²) in [6.45, 7) is 1.53. The molecular formula is C23H39N9O7. The van der Waals surface area contributed by atoms with Crippen molar-refractivity contribution < 1.29 is 33.9 Å². The van der Waals surface area contributed by atoms with Gasteiger partial charge in [0.1, 0.15) is 24.2 Å². The molecule has 4 atom stereocenters. The molecule has 16 nitrogen and oxygen atoms in total. The first-order chi connectivity index (χ1) is 18.5. The predicted molar refractivity (Wildman–Crippen MR) is 139 cm³/mol. The molecule has 0 unspecified atom stereocenters. The van der Waals surface area contributed by atoms with Gasteiger partial charge < -0.3 is 48.1 Å². The summed E-state index contributed by atoms with van der Waals surface area (Å²) in [5.41, 5.74) is 16.1. The summed E-state index contributed by atoms with van der Waals surface area (Å²) in [5, 5.41) is 16.6. The van der Waals surface area contributed by atoms with Crippen molar-refractivity contribution in [2.24, 2.45) is 22.2 Å². The number of hydrogen-bond acceptors (Lipinski definition) is 8. The van der Waals surface area contributed by atoms with E-state index in [-0.39, 0.29) is 37.9 Å². The number of aliphatic imine (C=N–C) groups is 1. The summed E-state index contributed by atoms with van der Waals surface area (Å²) in [6, 6.07) is -3.76. The van der Waals surface area contributed by atoms with E-state index in [2.05, 4.69) is 20.9 Å². The molecule has 2 saturated heterocycles. The lowest BCUT2D eigenvalue weighted by atomic mass is 10.1. The average Bonchev–Trinajstić information content (AvgIpc) is 3.58. The Morgan fingerprint density at radius 2 is 1.51 bits per heavy atom. The standard InChI is InChI=1S/C23H39N9O7/c1-13(22(38)39)29-20(36)15-6-4-10-32(15)18(34)12-28-19(35)14(5-2-8-27-23(25)26)30-21(37)16-7-3-9-31(16)17(33)11-24/h13-16H,2-12,24H2,1H3,(H,28,35)(H,29,36)(H,30,37)(H,38,39)(H4,25,26,27)/t13-,14-,15-,16-/m0/s1. The first-order valence-electron chi connectivity index (χ1n) is 12.9. The third kappa shape index (κ3) is 9.08. The molecule has 0 aromatic carbocycles. The first-order valence-corrected chi connectivity index (χ1v) is 12.9. The van der Waals surface area contributed by atoms with Crippen molar-refractivity contribution in [2.45, 2.75) is 69.6 Å². The van der Waals surface area contributed by atoms with E-state index in [0.717, 1.165) is 0 Å². The molecule has 2 fully saturated rings. The fourth-order valence-corrected chi connectivity index (χ4v) is 4.59. The van der Waals surface area contributed by atoms with Crippen LogP contribution in [0.15, 0.2) is 4.99 Å². The highest BCUT2D eigenvalue weighted by atomic mass is 16.4. The fourth-order valence-electron chi connectivity index (χ4n) is 4.59. The zero-order valence-electron chi connectivity index (χ0n) is 22.1. The van der Waals surface area contributed by atoms with E-state index in [1.807, 2.05) is 0 Å². The minimum atomic E-state index is -1.20. The largest absolute Gasteiger partial charge is 0.480 e. The van der Waals surface area contributed by atoms with Gasteiger partial charge in [-0.05, 0) is 45.4 Å². The molecule has 0 aromatic rings. The monoisotopic (exact) mass is 553 g/mol. The minimum absolute atomic E-state index is 0.116. The second-order valence-electron chi connectivity index (χ2n) is 9.49. The number of carbonyl (C=O) groups is 6. The van der Waals surface area contributed by atoms with Crippen molar-refractivity contribution in [3.8, 4) is 0 Å². The Bertz CT molecular complexity index is 970. The summed E-state index contributed by atoms with van der Waals surface area (Å²) in [7, 11) is 0. The van der Waals surface area contributed by atoms with Gasteiger partial charge in [-0.25, -0.2) is 0 Å². The first kappa shape index (κ1) is 31.3. The molecule has 2 rings (SSSR count). The van der Waals surface area contributed by atoms with E-state index >= 15 is 0 Å². The van der Waals surface area contributed by atoms with Gasteiger partial charge in [0, 0.05) is 19.6 Å². The predicted octanol–water partition coefficient (Wildman–Crippen LogP) is -3.83. The molecule has 16 heteroatoms. The van der Waals surface area contributed by atoms with Gasteiger partial charge in [0.15, 0.2) is 5.96 Å². The lowest BCUT2D eigenvalue weighted by molar-refractivity contribution is -0.143. The topological polar surface area (TPSA) is 256 Å². The quantitative estimate of drug-likeness (QED) is 0.0664. The molecule has 0 aliphatic carbocycles. The Morgan fingerprint density at radius 1 is 0.949 bits per heavy atom. The second kappa shape index (κ2) is 14.8. The lowest BCUT2D eigenvalue weighted by Crippen LogP contribution is -2.55. The fraction of sp³-hybridized carbons (Fsp3) is 0.696. The Hall–Kier alpha value is -3.95. The molecule has 2 aliphatic heterocycles. The van der Waals surface area contributed by atoms with E-state index in [1.165, 1.54) is 16.7 Å². The van der Waals surface area contributed by atoms with E-state index in [0.29, 0.717) is 38.6 Å². The number of carbonyl (C=O) groups excluding carboxylic acids is 5. The van der Waals surface area contributed by atoms with Gasteiger partial charge >= 0.3 is 5.97 Å². The maximum atomic E-state index is 13.0. The average molecular weight is 554 g/mol. The van der Waals surface area contributed by atoms with Crippen LogP contribution in [0.3, 0.4) is 0 Å². The van der Waals surface area contributed by atoms with Crippen LogP contribution in [-0.4, -0.2) is 113 Å². The lowest BCUT2D eigenvalue weighted by Gasteiger charge is -2.27. The number of carboxylic acids is 1. The van der Waals surface area contributed by atoms with E-state index in [9.17, 15) is 28.8 Å². The molecule has 0 saturated carbocycles. The molecule has 10 N–H and O–H groups in total. The van der Waals surface area contributed by atoms with Crippen LogP contribution in [-0.2, 0) is 28.8 Å². The van der Waals surface area contributed by atoms with Gasteiger partial charge in [-0.1, -0.05) is 0 Å². The van der Waals surface area contributed by atoms with Crippen molar-refractivity contribution in [3.63, 3.8) is 0 Å². The number of nitrogens with one attached hydrogen (secondary N) is 3. The summed E-state index contributed by atoms with van der Waals surface area (Å²) in [5.74, 6) is -3.93. The zero-order chi connectivity index (χ0) is 29.1. The van der Waals surface area contributed by atoms with Crippen molar-refractivity contribution in [3.05, 3.63) is 0 Å². The van der Waals surface area contributed by atoms with Crippen molar-refractivity contribution in [2.75, 3.05) is 32.7 Å². The molecule has 2 heterocycles. The number of likely N-dealkylation sites (tertiary alicyclic amines) is 2. The molecular weight excluding hydrogens is 514 g/mol. The minimum Gasteiger partial charge on any atom is -0.480 e. The molecule has 218 valence electrons. The van der Waals surface area contributed by atoms with Crippen LogP contribution in [0.2, 0.25) is 0 Å². The number of hydrogen-bond donors (Lipinski definition) is 7. The number of nitrogens with two attached hydrogens (primary N) is 3. The zero-order valence-corrected chi connectivity index (χ0v) is 22.1. The summed E-state index contributed by atoms with van der Waals surface area (Å²) >= 11 is 0. The number of carboxylic acid groups (broad SMARTS) is 1. The molecule has 39 heavy (non-hydrogen) atoms. The van der Waals surface area contributed by atoms with E-state index in [1.54, 1.807) is 0 Å². The summed E-state index contributed by atoms with van der Waals surface area (Å²) in [4.78, 5) is 81.0. The number of guanidine groups is 1. The van der Waals surface area contributed by atoms with Crippen molar-refractivity contribution >= 4 is 41.5 Å². The van der Waals surface area contributed by atoms with Crippen LogP contribution in [0.1, 0.15) is 45.4 Å². The van der Waals surface area contributed by atoms with Gasteiger partial charge in [0.25, 0.3) is 0 Å². The Morgan fingerprint density at radius 3 is 2.05 bits per heavy atom. The molecule has 0 aromatic heterocycles. The molecule has 0 spiro atoms. The summed E-state index contributed by atoms with van der Waals surface area (Å²) in [6.07, 6.45) is 2.45. The van der Waals surface area contributed by atoms with Crippen LogP contribution >= 0.6 is 0 Å². The number of aliphatic carboxylic acids is 1. The van der Waals surface area contributed by atoms with Gasteiger partial charge in [-0.15, -0.1) is 0 Å². The van der Waals surface area contributed by atoms with E-state index < -0.39 is 60.3 Å². The summed E-state index contributed by atoms with van der Waals surface area (Å²) < 4.78 is 0. The maximum Gasteiger partial charge on any atom is 0.325 e. The van der Waals surface area contributed by atoms with Crippen molar-refractivity contribution in [1.82, 2.24) is 25.8 Å². The Labute approximate surface area is 226 Å². The highest BCUT2D eigenvalue weighted by molar-refractivity contribution is 5.95. The van der Waals surface area contributed by atoms with Crippen molar-refractivity contribution in [1.29, 1.82) is 0 Å². The number of nitrogens with zero attached hydrogens (tertiary/aromatic N) is 3. The molecule has 5 amide bonds. The Kier molecular flexibility index (Phi) is 11.9. The number of rotatable bonds is 13. The molecule has 2 aliphatic rings. The SMILES string of the molecule is C[C@H](NC(=O)[C@@H]1CCCN1C(=O)CNC(=O)[C@H](CCCN=C(N)N)NC(=O)[C@@H]1CCCN1C(=O)CN)C(=O)O. The van der Waals surface area contributed by atoms with Crippen LogP contribution < -0.4 is 33.2 Å². The third-order valence-electron chi connectivity index (χ3n) is 6.65. The second-order valence-corrected chi connectivity index (χ2v) is 9.49. The van der Waals surface area contributed by atoms with Gasteiger partial charge in [-0.2, -0.15) is 0 Å². The van der Waals surface area contributed by atoms with Gasteiger partial charge in [0.05, 0.1) is 13.1 Å². The van der Waals surface area contributed by atoms with E-state index in [4.69, 9.17) is 22.3 Å². The normalized spacial score (nSPS) is 20.1. The van der Waals surface area contributed by atoms with Gasteiger partial charge in [-0.3, -0.25) is 33.8 Å². The Balaban J connectivity index is 2.02. The molecule has 0 radical (unpaired) electrons. The highest BCUT2D eigenvalue weighted by Crippen LogP contribution is 2.19. The van der Waals surface area contributed by atoms with Gasteiger partial charge in [0.2, 0.25) is 29.5 Å². The number of amides is 5. The van der Waals surface area contributed by atoms with Crippen LogP contribution in [0.5, 0.6) is 0 Å². The molecule has 0 bridgehead atoms. The maximum absolute atomic E-state index is 13.0. The third-order valence-corrected chi connectivity index (χ3v) is 6.65. The van der Waals surface area contributed by atoms with Crippen LogP contribution in [0.25, 0.3) is 0 Å². The smallest absolute Gasteiger partial charge is 0.325 e. The highest BCUT2D eigenvalue weighted by Gasteiger charge is 2.37.